The highest BCUT2D eigenvalue weighted by atomic mass is 35.5. The number of aryl methyl sites for hydroxylation is 1. The van der Waals surface area contributed by atoms with E-state index in [0.717, 1.165) is 50.5 Å². The van der Waals surface area contributed by atoms with Crippen molar-refractivity contribution >= 4 is 21.4 Å². The number of sulfone groups is 1. The summed E-state index contributed by atoms with van der Waals surface area (Å²) in [5.41, 5.74) is 2.77. The minimum Gasteiger partial charge on any atom is -0.376 e. The second-order valence-electron chi connectivity index (χ2n) is 10.0. The summed E-state index contributed by atoms with van der Waals surface area (Å²) in [4.78, 5) is 2.91. The van der Waals surface area contributed by atoms with Crippen LogP contribution in [0.4, 0.5) is 0 Å². The second-order valence-corrected chi connectivity index (χ2v) is 12.5. The van der Waals surface area contributed by atoms with Crippen LogP contribution in [-0.2, 0) is 27.5 Å². The lowest BCUT2D eigenvalue weighted by atomic mass is 9.64. The molecule has 0 bridgehead atoms. The molecule has 0 spiro atoms. The highest BCUT2D eigenvalue weighted by Crippen LogP contribution is 2.51. The third kappa shape index (κ3) is 5.00. The summed E-state index contributed by atoms with van der Waals surface area (Å²) in [7, 11) is -3.16. The van der Waals surface area contributed by atoms with Crippen LogP contribution in [0.3, 0.4) is 0 Å². The van der Waals surface area contributed by atoms with Gasteiger partial charge >= 0.3 is 0 Å². The Balaban J connectivity index is 1.48. The maximum atomic E-state index is 11.7. The first-order valence-electron chi connectivity index (χ1n) is 10.9. The summed E-state index contributed by atoms with van der Waals surface area (Å²) < 4.78 is 29.7. The standard InChI is InChI=1S/C25H32ClNO3S/c1-24(2)18-30-23(24)25(13-12-19-6-10-22(11-7-19)31(3,28)29)14-15-27(17-25)16-20-4-8-21(26)9-5-20/h4-11,23H,12-18H2,1-3H3/t23?,25-/m1/s1. The van der Waals surface area contributed by atoms with E-state index in [0.29, 0.717) is 4.90 Å². The van der Waals surface area contributed by atoms with Gasteiger partial charge in [-0.3, -0.25) is 4.90 Å². The molecule has 31 heavy (non-hydrogen) atoms. The minimum atomic E-state index is -3.16. The van der Waals surface area contributed by atoms with Crippen LogP contribution >= 0.6 is 11.6 Å². The largest absolute Gasteiger partial charge is 0.376 e. The Morgan fingerprint density at radius 3 is 2.26 bits per heavy atom. The molecule has 2 heterocycles. The molecule has 2 aromatic carbocycles. The molecule has 0 N–H and O–H groups in total. The molecule has 2 saturated heterocycles. The van der Waals surface area contributed by atoms with E-state index < -0.39 is 9.84 Å². The van der Waals surface area contributed by atoms with Crippen LogP contribution in [0.15, 0.2) is 53.4 Å². The average molecular weight is 462 g/mol. The molecule has 0 saturated carbocycles. The molecule has 2 aromatic rings. The second kappa shape index (κ2) is 8.51. The normalized spacial score (nSPS) is 26.0. The maximum Gasteiger partial charge on any atom is 0.175 e. The average Bonchev–Trinajstić information content (AvgIpc) is 3.10. The predicted molar refractivity (Wildman–Crippen MR) is 125 cm³/mol. The molecule has 2 aliphatic rings. The Hall–Kier alpha value is -1.40. The molecule has 0 radical (unpaired) electrons. The molecular formula is C25H32ClNO3S. The molecule has 4 nitrogen and oxygen atoms in total. The molecule has 168 valence electrons. The Kier molecular flexibility index (Phi) is 6.25. The van der Waals surface area contributed by atoms with Crippen LogP contribution in [-0.4, -0.2) is 45.4 Å². The number of halogens is 1. The lowest BCUT2D eigenvalue weighted by molar-refractivity contribution is -0.223. The summed E-state index contributed by atoms with van der Waals surface area (Å²) >= 11 is 6.04. The third-order valence-corrected chi connectivity index (χ3v) is 8.32. The first kappa shape index (κ1) is 22.8. The van der Waals surface area contributed by atoms with Gasteiger partial charge in [0.05, 0.1) is 17.6 Å². The molecule has 2 atom stereocenters. The fraction of sp³-hybridized carbons (Fsp3) is 0.520. The van der Waals surface area contributed by atoms with Crippen molar-refractivity contribution in [2.45, 2.75) is 50.7 Å². The Morgan fingerprint density at radius 2 is 1.71 bits per heavy atom. The van der Waals surface area contributed by atoms with Crippen molar-refractivity contribution < 1.29 is 13.2 Å². The summed E-state index contributed by atoms with van der Waals surface area (Å²) in [6, 6.07) is 15.5. The van der Waals surface area contributed by atoms with Gasteiger partial charge in [0, 0.05) is 35.2 Å². The molecule has 0 aromatic heterocycles. The summed E-state index contributed by atoms with van der Waals surface area (Å²) in [5, 5.41) is 0.769. The van der Waals surface area contributed by atoms with Crippen LogP contribution in [0.2, 0.25) is 5.02 Å². The van der Waals surface area contributed by atoms with E-state index in [1.54, 1.807) is 12.1 Å². The third-order valence-electron chi connectivity index (χ3n) is 6.93. The van der Waals surface area contributed by atoms with Gasteiger partial charge in [-0.25, -0.2) is 8.42 Å². The molecule has 2 fully saturated rings. The van der Waals surface area contributed by atoms with Gasteiger partial charge in [0.2, 0.25) is 0 Å². The first-order valence-corrected chi connectivity index (χ1v) is 13.2. The predicted octanol–water partition coefficient (Wildman–Crippen LogP) is 4.99. The van der Waals surface area contributed by atoms with Gasteiger partial charge in [0.25, 0.3) is 0 Å². The monoisotopic (exact) mass is 461 g/mol. The minimum absolute atomic E-state index is 0.115. The summed E-state index contributed by atoms with van der Waals surface area (Å²) in [6.45, 7) is 8.45. The summed E-state index contributed by atoms with van der Waals surface area (Å²) in [5.74, 6) is 0. The Labute approximate surface area is 191 Å². The van der Waals surface area contributed by atoms with Gasteiger partial charge in [-0.1, -0.05) is 49.7 Å². The van der Waals surface area contributed by atoms with Crippen molar-refractivity contribution in [2.75, 3.05) is 26.0 Å². The van der Waals surface area contributed by atoms with Gasteiger partial charge in [-0.2, -0.15) is 0 Å². The zero-order chi connectivity index (χ0) is 22.3. The first-order chi connectivity index (χ1) is 14.6. The van der Waals surface area contributed by atoms with E-state index in [4.69, 9.17) is 16.3 Å². The van der Waals surface area contributed by atoms with E-state index in [-0.39, 0.29) is 16.9 Å². The number of hydrogen-bond acceptors (Lipinski definition) is 4. The van der Waals surface area contributed by atoms with E-state index in [1.165, 1.54) is 17.4 Å². The highest BCUT2D eigenvalue weighted by molar-refractivity contribution is 7.90. The zero-order valence-corrected chi connectivity index (χ0v) is 20.2. The zero-order valence-electron chi connectivity index (χ0n) is 18.6. The fourth-order valence-corrected chi connectivity index (χ4v) is 6.08. The number of ether oxygens (including phenoxy) is 1. The maximum absolute atomic E-state index is 11.7. The van der Waals surface area contributed by atoms with Gasteiger partial charge in [0.1, 0.15) is 0 Å². The van der Waals surface area contributed by atoms with Crippen molar-refractivity contribution in [3.8, 4) is 0 Å². The smallest absolute Gasteiger partial charge is 0.175 e. The lowest BCUT2D eigenvalue weighted by Gasteiger charge is -2.54. The van der Waals surface area contributed by atoms with E-state index in [2.05, 4.69) is 30.9 Å². The van der Waals surface area contributed by atoms with Crippen LogP contribution in [0, 0.1) is 10.8 Å². The number of likely N-dealkylation sites (tertiary alicyclic amines) is 1. The topological polar surface area (TPSA) is 46.6 Å². The quantitative estimate of drug-likeness (QED) is 0.582. The van der Waals surface area contributed by atoms with Gasteiger partial charge < -0.3 is 4.74 Å². The summed E-state index contributed by atoms with van der Waals surface area (Å²) in [6.07, 6.45) is 4.59. The van der Waals surface area contributed by atoms with Gasteiger partial charge in [-0.15, -0.1) is 0 Å². The molecule has 0 amide bonds. The highest BCUT2D eigenvalue weighted by Gasteiger charge is 2.55. The van der Waals surface area contributed by atoms with Crippen LogP contribution in [0.1, 0.15) is 37.8 Å². The van der Waals surface area contributed by atoms with Crippen molar-refractivity contribution in [3.05, 3.63) is 64.7 Å². The number of hydrogen-bond donors (Lipinski definition) is 0. The van der Waals surface area contributed by atoms with Crippen molar-refractivity contribution in [3.63, 3.8) is 0 Å². The number of nitrogens with zero attached hydrogens (tertiary/aromatic N) is 1. The van der Waals surface area contributed by atoms with Crippen molar-refractivity contribution in [1.82, 2.24) is 4.90 Å². The molecular weight excluding hydrogens is 430 g/mol. The van der Waals surface area contributed by atoms with Crippen molar-refractivity contribution in [1.29, 1.82) is 0 Å². The van der Waals surface area contributed by atoms with E-state index in [1.807, 2.05) is 24.3 Å². The number of rotatable bonds is 7. The molecule has 0 aliphatic carbocycles. The Bertz CT molecular complexity index is 1020. The van der Waals surface area contributed by atoms with Crippen LogP contribution in [0.25, 0.3) is 0 Å². The SMILES string of the molecule is CC1(C)COC1[C@]1(CCc2ccc(S(C)(=O)=O)cc2)CCN(Cc2ccc(Cl)cc2)C1. The fourth-order valence-electron chi connectivity index (χ4n) is 5.32. The molecule has 4 rings (SSSR count). The van der Waals surface area contributed by atoms with Crippen molar-refractivity contribution in [2.24, 2.45) is 10.8 Å². The molecule has 6 heteroatoms. The van der Waals surface area contributed by atoms with Crippen LogP contribution in [0.5, 0.6) is 0 Å². The Morgan fingerprint density at radius 1 is 1.06 bits per heavy atom. The lowest BCUT2D eigenvalue weighted by Crippen LogP contribution is -2.58. The van der Waals surface area contributed by atoms with E-state index in [9.17, 15) is 8.42 Å². The number of benzene rings is 2. The molecule has 1 unspecified atom stereocenters. The van der Waals surface area contributed by atoms with Gasteiger partial charge in [0.15, 0.2) is 9.84 Å². The molecule has 2 aliphatic heterocycles. The van der Waals surface area contributed by atoms with E-state index >= 15 is 0 Å². The van der Waals surface area contributed by atoms with Gasteiger partial charge in [-0.05, 0) is 61.2 Å². The van der Waals surface area contributed by atoms with Crippen LogP contribution < -0.4 is 0 Å².